The molecular weight excluding hydrogens is 416 g/mol. The van der Waals surface area contributed by atoms with Crippen LogP contribution in [-0.2, 0) is 6.54 Å². The van der Waals surface area contributed by atoms with Gasteiger partial charge < -0.3 is 15.0 Å². The molecule has 1 aliphatic rings. The van der Waals surface area contributed by atoms with Crippen molar-refractivity contribution in [3.63, 3.8) is 0 Å². The van der Waals surface area contributed by atoms with Gasteiger partial charge in [-0.15, -0.1) is 5.10 Å². The van der Waals surface area contributed by atoms with Gasteiger partial charge in [0.1, 0.15) is 11.3 Å². The van der Waals surface area contributed by atoms with E-state index in [4.69, 9.17) is 0 Å². The number of nitrogens with zero attached hydrogens (tertiary/aromatic N) is 6. The summed E-state index contributed by atoms with van der Waals surface area (Å²) in [6, 6.07) is 5.74. The summed E-state index contributed by atoms with van der Waals surface area (Å²) in [6.07, 6.45) is 4.30. The molecule has 4 aromatic rings. The Morgan fingerprint density at radius 3 is 2.75 bits per heavy atom. The molecule has 0 spiro atoms. The summed E-state index contributed by atoms with van der Waals surface area (Å²) in [4.78, 5) is 13.4. The molecule has 0 aromatic carbocycles. The Kier molecular flexibility index (Phi) is 5.04. The first-order chi connectivity index (χ1) is 15.3. The van der Waals surface area contributed by atoms with Crippen molar-refractivity contribution >= 4 is 22.6 Å². The molecule has 0 unspecified atom stereocenters. The quantitative estimate of drug-likeness (QED) is 0.489. The number of pyridine rings is 1. The number of aliphatic hydroxyl groups is 1. The molecule has 4 aromatic heterocycles. The monoisotopic (exact) mass is 441 g/mol. The van der Waals surface area contributed by atoms with E-state index in [1.165, 1.54) is 4.57 Å². The van der Waals surface area contributed by atoms with E-state index >= 15 is 0 Å². The Morgan fingerprint density at radius 2 is 2.00 bits per heavy atom. The highest BCUT2D eigenvalue weighted by atomic mass is 19.3. The first-order valence-corrected chi connectivity index (χ1v) is 10.7. The van der Waals surface area contributed by atoms with E-state index in [-0.39, 0.29) is 6.04 Å². The smallest absolute Gasteiger partial charge is 0.256 e. The van der Waals surface area contributed by atoms with Crippen LogP contribution in [-0.4, -0.2) is 52.3 Å². The lowest BCUT2D eigenvalue weighted by Gasteiger charge is -2.33. The molecule has 0 bridgehead atoms. The maximum atomic E-state index is 13.0. The summed E-state index contributed by atoms with van der Waals surface area (Å²) in [5.74, 6) is 1.04. The van der Waals surface area contributed by atoms with Gasteiger partial charge in [-0.25, -0.2) is 28.2 Å². The second kappa shape index (κ2) is 7.77. The van der Waals surface area contributed by atoms with Crippen molar-refractivity contribution in [1.29, 1.82) is 0 Å². The third-order valence-corrected chi connectivity index (χ3v) is 6.19. The molecule has 1 fully saturated rings. The maximum Gasteiger partial charge on any atom is 0.256 e. The molecule has 0 amide bonds. The maximum absolute atomic E-state index is 13.0. The van der Waals surface area contributed by atoms with Crippen LogP contribution in [0.4, 0.5) is 14.7 Å². The van der Waals surface area contributed by atoms with Crippen molar-refractivity contribution in [3.05, 3.63) is 36.4 Å². The molecule has 168 valence electrons. The number of alkyl halides is 2. The van der Waals surface area contributed by atoms with E-state index in [9.17, 15) is 13.9 Å². The molecule has 1 aliphatic carbocycles. The van der Waals surface area contributed by atoms with Crippen molar-refractivity contribution in [2.45, 2.75) is 64.1 Å². The molecule has 0 aliphatic heterocycles. The van der Waals surface area contributed by atoms with E-state index in [1.807, 2.05) is 25.3 Å². The summed E-state index contributed by atoms with van der Waals surface area (Å²) in [5.41, 5.74) is 2.67. The number of aryl methyl sites for hydroxylation is 1. The number of aromatic nitrogens is 6. The fourth-order valence-corrected chi connectivity index (χ4v) is 4.37. The lowest BCUT2D eigenvalue weighted by Crippen LogP contribution is -2.36. The average molecular weight is 441 g/mol. The van der Waals surface area contributed by atoms with Gasteiger partial charge in [-0.05, 0) is 57.7 Å². The normalized spacial score (nSPS) is 21.6. The second-order valence-electron chi connectivity index (χ2n) is 8.76. The van der Waals surface area contributed by atoms with E-state index < -0.39 is 18.6 Å². The zero-order valence-electron chi connectivity index (χ0n) is 18.0. The average Bonchev–Trinajstić information content (AvgIpc) is 3.29. The minimum atomic E-state index is -2.48. The molecule has 32 heavy (non-hydrogen) atoms. The van der Waals surface area contributed by atoms with Gasteiger partial charge in [0.05, 0.1) is 29.6 Å². The molecule has 1 saturated carbocycles. The Morgan fingerprint density at radius 1 is 1.22 bits per heavy atom. The molecule has 0 radical (unpaired) electrons. The van der Waals surface area contributed by atoms with Crippen LogP contribution >= 0.6 is 0 Å². The van der Waals surface area contributed by atoms with Gasteiger partial charge in [0.2, 0.25) is 5.95 Å². The number of hydrogen-bond acceptors (Lipinski definition) is 6. The topological polar surface area (TPSA) is 93.2 Å². The van der Waals surface area contributed by atoms with Crippen molar-refractivity contribution in [2.24, 2.45) is 0 Å². The second-order valence-corrected chi connectivity index (χ2v) is 8.76. The van der Waals surface area contributed by atoms with Crippen LogP contribution in [0.1, 0.15) is 38.4 Å². The number of imidazole rings is 1. The van der Waals surface area contributed by atoms with Crippen LogP contribution in [0.5, 0.6) is 0 Å². The fourth-order valence-electron chi connectivity index (χ4n) is 4.37. The lowest BCUT2D eigenvalue weighted by atomic mass is 9.84. The zero-order valence-corrected chi connectivity index (χ0v) is 18.0. The van der Waals surface area contributed by atoms with Crippen molar-refractivity contribution in [2.75, 3.05) is 5.32 Å². The highest BCUT2D eigenvalue weighted by molar-refractivity contribution is 5.82. The van der Waals surface area contributed by atoms with Gasteiger partial charge in [0, 0.05) is 17.8 Å². The van der Waals surface area contributed by atoms with Gasteiger partial charge in [0.15, 0.2) is 5.65 Å². The molecule has 0 saturated heterocycles. The van der Waals surface area contributed by atoms with E-state index in [0.29, 0.717) is 28.6 Å². The van der Waals surface area contributed by atoms with Crippen LogP contribution in [0, 0.1) is 6.92 Å². The van der Waals surface area contributed by atoms with Crippen molar-refractivity contribution < 1.29 is 13.9 Å². The third kappa shape index (κ3) is 3.90. The molecule has 8 nitrogen and oxygen atoms in total. The summed E-state index contributed by atoms with van der Waals surface area (Å²) in [5, 5.41) is 18.0. The third-order valence-electron chi connectivity index (χ3n) is 6.19. The minimum absolute atomic E-state index is 0.227. The first-order valence-electron chi connectivity index (χ1n) is 10.7. The van der Waals surface area contributed by atoms with Gasteiger partial charge in [-0.3, -0.25) is 0 Å². The van der Waals surface area contributed by atoms with Gasteiger partial charge in [-0.1, -0.05) is 0 Å². The Bertz CT molecular complexity index is 1270. The molecule has 2 N–H and O–H groups in total. The molecule has 10 heteroatoms. The lowest BCUT2D eigenvalue weighted by molar-refractivity contribution is 0.0195. The van der Waals surface area contributed by atoms with Crippen LogP contribution in [0.2, 0.25) is 0 Å². The highest BCUT2D eigenvalue weighted by Gasteiger charge is 2.29. The van der Waals surface area contributed by atoms with E-state index in [2.05, 4.69) is 25.4 Å². The number of hydrogen-bond donors (Lipinski definition) is 2. The van der Waals surface area contributed by atoms with Crippen LogP contribution < -0.4 is 5.32 Å². The number of rotatable bonds is 5. The number of anilines is 1. The SMILES string of the molecule is Cc1nc2ccc(-c3ccn4nc(N[C@H]5CC[C@@](C)(O)CC5)ncc34)nc2n1CC(F)F. The number of fused-ring (bicyclic) bond motifs is 2. The Labute approximate surface area is 183 Å². The van der Waals surface area contributed by atoms with E-state index in [1.54, 1.807) is 23.7 Å². The van der Waals surface area contributed by atoms with Crippen molar-refractivity contribution in [1.82, 2.24) is 29.1 Å². The Balaban J connectivity index is 1.43. The van der Waals surface area contributed by atoms with Crippen LogP contribution in [0.15, 0.2) is 30.6 Å². The summed E-state index contributed by atoms with van der Waals surface area (Å²) in [6.45, 7) is 3.14. The molecule has 0 atom stereocenters. The first kappa shape index (κ1) is 20.7. The summed E-state index contributed by atoms with van der Waals surface area (Å²) < 4.78 is 29.2. The van der Waals surface area contributed by atoms with Gasteiger partial charge in [-0.2, -0.15) is 0 Å². The summed E-state index contributed by atoms with van der Waals surface area (Å²) >= 11 is 0. The van der Waals surface area contributed by atoms with Crippen LogP contribution in [0.25, 0.3) is 27.9 Å². The van der Waals surface area contributed by atoms with Gasteiger partial charge in [0.25, 0.3) is 6.43 Å². The predicted octanol–water partition coefficient (Wildman–Crippen LogP) is 3.82. The number of halogens is 2. The Hall–Kier alpha value is -3.14. The zero-order chi connectivity index (χ0) is 22.5. The fraction of sp³-hybridized carbons (Fsp3) is 0.455. The van der Waals surface area contributed by atoms with Gasteiger partial charge >= 0.3 is 0 Å². The van der Waals surface area contributed by atoms with Crippen LogP contribution in [0.3, 0.4) is 0 Å². The number of nitrogens with one attached hydrogen (secondary N) is 1. The molecule has 4 heterocycles. The van der Waals surface area contributed by atoms with E-state index in [0.717, 1.165) is 36.8 Å². The minimum Gasteiger partial charge on any atom is -0.390 e. The van der Waals surface area contributed by atoms with Crippen molar-refractivity contribution in [3.8, 4) is 11.3 Å². The molecular formula is C22H25F2N7O. The molecule has 5 rings (SSSR count). The standard InChI is InChI=1S/C22H25F2N7O/c1-13-26-17-4-3-16(28-20(17)30(13)12-19(23)24)15-7-10-31-18(15)11-25-21(29-31)27-14-5-8-22(2,32)9-6-14/h3-4,7,10-11,14,19,32H,5-6,8-9,12H2,1-2H3,(H,27,29)/t14-,22+. The largest absolute Gasteiger partial charge is 0.390 e. The highest BCUT2D eigenvalue weighted by Crippen LogP contribution is 2.30. The summed E-state index contributed by atoms with van der Waals surface area (Å²) in [7, 11) is 0. The predicted molar refractivity (Wildman–Crippen MR) is 117 cm³/mol.